The molecule has 1 aromatic heterocycles. The van der Waals surface area contributed by atoms with Crippen molar-refractivity contribution in [1.29, 1.82) is 0 Å². The number of pyridine rings is 1. The zero-order chi connectivity index (χ0) is 34.6. The van der Waals surface area contributed by atoms with E-state index in [0.717, 1.165) is 29.7 Å². The average molecular weight is 685 g/mol. The Morgan fingerprint density at radius 2 is 1.47 bits per heavy atom. The standard InChI is InChI=1S/C37H27F9N3/c1-20-33-26(24-9-5-8-22-12-14-47-16-17-49(33)34(47)30(22)24)11-10-25-27(29-18-23(13-15-48(20)29)21-6-3-2-4-7-21)19-28(35(38,39)40)32(37(44,45)46)31(25)36(41,42)43/h2-9,13,15-19,26,33-34H,1,10-12,14H2/q+1. The minimum atomic E-state index is -5.95. The van der Waals surface area contributed by atoms with E-state index in [1.807, 2.05) is 30.6 Å². The van der Waals surface area contributed by atoms with Crippen molar-refractivity contribution in [3.8, 4) is 22.4 Å². The summed E-state index contributed by atoms with van der Waals surface area (Å²) in [4.78, 5) is 4.23. The third-order valence-corrected chi connectivity index (χ3v) is 10.3. The Kier molecular flexibility index (Phi) is 6.84. The van der Waals surface area contributed by atoms with Crippen molar-refractivity contribution in [2.45, 2.75) is 55.9 Å². The highest BCUT2D eigenvalue weighted by Gasteiger charge is 2.54. The van der Waals surface area contributed by atoms with E-state index in [9.17, 15) is 26.3 Å². The molecule has 3 aromatic carbocycles. The van der Waals surface area contributed by atoms with Gasteiger partial charge in [-0.1, -0.05) is 48.5 Å². The van der Waals surface area contributed by atoms with Crippen LogP contribution in [0.4, 0.5) is 39.5 Å². The number of hydrogen-bond acceptors (Lipinski definition) is 2. The van der Waals surface area contributed by atoms with Gasteiger partial charge in [0, 0.05) is 42.6 Å². The van der Waals surface area contributed by atoms with Gasteiger partial charge in [0.2, 0.25) is 11.4 Å². The molecule has 4 aliphatic heterocycles. The quantitative estimate of drug-likeness (QED) is 0.146. The zero-order valence-electron chi connectivity index (χ0n) is 25.6. The molecule has 3 nitrogen and oxygen atoms in total. The molecule has 0 radical (unpaired) electrons. The molecule has 0 bridgehead atoms. The van der Waals surface area contributed by atoms with E-state index >= 15 is 13.2 Å². The molecule has 0 fully saturated rings. The zero-order valence-corrected chi connectivity index (χ0v) is 25.6. The maximum Gasteiger partial charge on any atom is 0.417 e. The van der Waals surface area contributed by atoms with Crippen LogP contribution in [0.3, 0.4) is 0 Å². The number of halogens is 9. The fourth-order valence-corrected chi connectivity index (χ4v) is 8.34. The lowest BCUT2D eigenvalue weighted by Crippen LogP contribution is -2.53. The van der Waals surface area contributed by atoms with Crippen molar-refractivity contribution >= 4 is 5.70 Å². The Labute approximate surface area is 275 Å². The van der Waals surface area contributed by atoms with Crippen LogP contribution < -0.4 is 4.57 Å². The van der Waals surface area contributed by atoms with E-state index in [0.29, 0.717) is 16.8 Å². The maximum absolute atomic E-state index is 15.0. The van der Waals surface area contributed by atoms with Gasteiger partial charge in [-0.3, -0.25) is 0 Å². The molecule has 0 aliphatic carbocycles. The Balaban J connectivity index is 1.47. The van der Waals surface area contributed by atoms with Crippen LogP contribution in [0.25, 0.3) is 28.1 Å². The van der Waals surface area contributed by atoms with Gasteiger partial charge < -0.3 is 9.80 Å². The summed E-state index contributed by atoms with van der Waals surface area (Å²) in [6, 6.07) is 17.2. The molecular formula is C37H27F9N3+. The summed E-state index contributed by atoms with van der Waals surface area (Å²) >= 11 is 0. The molecule has 0 saturated heterocycles. The molecule has 252 valence electrons. The molecule has 3 unspecified atom stereocenters. The van der Waals surface area contributed by atoms with E-state index in [1.165, 1.54) is 16.8 Å². The number of hydrogen-bond donors (Lipinski definition) is 0. The smallest absolute Gasteiger partial charge is 0.352 e. The van der Waals surface area contributed by atoms with Crippen LogP contribution in [0.5, 0.6) is 0 Å². The predicted octanol–water partition coefficient (Wildman–Crippen LogP) is 9.59. The molecular weight excluding hydrogens is 657 g/mol. The van der Waals surface area contributed by atoms with Gasteiger partial charge in [-0.05, 0) is 59.7 Å². The maximum atomic E-state index is 15.0. The van der Waals surface area contributed by atoms with Crippen LogP contribution >= 0.6 is 0 Å². The number of rotatable bonds is 1. The first-order valence-electron chi connectivity index (χ1n) is 15.7. The molecule has 0 saturated carbocycles. The second kappa shape index (κ2) is 10.6. The van der Waals surface area contributed by atoms with Crippen LogP contribution in [0.1, 0.15) is 57.4 Å². The predicted molar refractivity (Wildman–Crippen MR) is 163 cm³/mol. The van der Waals surface area contributed by atoms with Gasteiger partial charge in [-0.25, -0.2) is 0 Å². The fourth-order valence-electron chi connectivity index (χ4n) is 8.34. The summed E-state index contributed by atoms with van der Waals surface area (Å²) in [6.45, 7) is 5.13. The van der Waals surface area contributed by atoms with Crippen LogP contribution in [0.15, 0.2) is 91.9 Å². The normalized spacial score (nSPS) is 21.3. The van der Waals surface area contributed by atoms with Gasteiger partial charge in [0.05, 0.1) is 22.3 Å². The van der Waals surface area contributed by atoms with E-state index in [4.69, 9.17) is 0 Å². The van der Waals surface area contributed by atoms with Gasteiger partial charge in [-0.2, -0.15) is 44.1 Å². The number of fused-ring (bicyclic) bond motifs is 6. The second-order valence-corrected chi connectivity index (χ2v) is 12.8. The van der Waals surface area contributed by atoms with Crippen molar-refractivity contribution in [2.75, 3.05) is 6.54 Å². The van der Waals surface area contributed by atoms with Gasteiger partial charge >= 0.3 is 18.5 Å². The lowest BCUT2D eigenvalue weighted by Gasteiger charge is -2.48. The van der Waals surface area contributed by atoms with E-state index in [1.54, 1.807) is 36.4 Å². The number of aromatic nitrogens is 1. The molecule has 4 aromatic rings. The van der Waals surface area contributed by atoms with Gasteiger partial charge in [0.1, 0.15) is 12.2 Å². The Morgan fingerprint density at radius 1 is 0.735 bits per heavy atom. The highest BCUT2D eigenvalue weighted by Crippen LogP contribution is 2.54. The molecule has 12 heteroatoms. The molecule has 0 N–H and O–H groups in total. The third-order valence-electron chi connectivity index (χ3n) is 10.3. The Bertz CT molecular complexity index is 2040. The molecule has 49 heavy (non-hydrogen) atoms. The molecule has 0 spiro atoms. The topological polar surface area (TPSA) is 10.4 Å². The van der Waals surface area contributed by atoms with E-state index in [-0.39, 0.29) is 24.3 Å². The first-order valence-corrected chi connectivity index (χ1v) is 15.7. The summed E-state index contributed by atoms with van der Waals surface area (Å²) < 4.78 is 133. The highest BCUT2D eigenvalue weighted by atomic mass is 19.4. The molecule has 5 heterocycles. The first kappa shape index (κ1) is 31.5. The molecule has 8 rings (SSSR count). The van der Waals surface area contributed by atoms with Crippen molar-refractivity contribution in [3.05, 3.63) is 131 Å². The van der Waals surface area contributed by atoms with Gasteiger partial charge in [0.15, 0.2) is 6.20 Å². The van der Waals surface area contributed by atoms with Crippen LogP contribution in [0.2, 0.25) is 0 Å². The van der Waals surface area contributed by atoms with Crippen LogP contribution in [0, 0.1) is 0 Å². The minimum absolute atomic E-state index is 0.0734. The Morgan fingerprint density at radius 3 is 2.16 bits per heavy atom. The largest absolute Gasteiger partial charge is 0.417 e. The number of benzene rings is 3. The molecule has 3 atom stereocenters. The minimum Gasteiger partial charge on any atom is -0.352 e. The lowest BCUT2D eigenvalue weighted by atomic mass is 9.75. The SMILES string of the molecule is C=C1C2C(CCc3c(cc(C(F)(F)F)c(C(F)(F)F)c3C(F)(F)F)-c3cc(-c4ccccc4)cc[n+]31)c1cccc3c1C1N(C=CN21)CC3. The van der Waals surface area contributed by atoms with Crippen molar-refractivity contribution in [1.82, 2.24) is 9.80 Å². The second-order valence-electron chi connectivity index (χ2n) is 12.8. The Hall–Kier alpha value is -4.74. The fraction of sp³-hybridized carbons (Fsp3) is 0.270. The first-order chi connectivity index (χ1) is 23.1. The summed E-state index contributed by atoms with van der Waals surface area (Å²) in [7, 11) is 0. The molecule has 4 aliphatic rings. The monoisotopic (exact) mass is 684 g/mol. The summed E-state index contributed by atoms with van der Waals surface area (Å²) in [5.41, 5.74) is -4.55. The van der Waals surface area contributed by atoms with Crippen molar-refractivity contribution in [3.63, 3.8) is 0 Å². The third kappa shape index (κ3) is 4.85. The summed E-state index contributed by atoms with van der Waals surface area (Å²) in [5, 5.41) is 0. The summed E-state index contributed by atoms with van der Waals surface area (Å²) in [5.74, 6) is -0.542. The van der Waals surface area contributed by atoms with Crippen LogP contribution in [-0.4, -0.2) is 22.4 Å². The van der Waals surface area contributed by atoms with E-state index < -0.39 is 64.7 Å². The average Bonchev–Trinajstić information content (AvgIpc) is 3.50. The molecule has 0 amide bonds. The van der Waals surface area contributed by atoms with Crippen molar-refractivity contribution < 1.29 is 44.1 Å². The number of nitrogens with zero attached hydrogens (tertiary/aromatic N) is 3. The van der Waals surface area contributed by atoms with E-state index in [2.05, 4.69) is 16.4 Å². The number of alkyl halides is 9. The highest BCUT2D eigenvalue weighted by molar-refractivity contribution is 5.74. The lowest BCUT2D eigenvalue weighted by molar-refractivity contribution is -0.573. The van der Waals surface area contributed by atoms with Gasteiger partial charge in [0.25, 0.3) is 0 Å². The van der Waals surface area contributed by atoms with Gasteiger partial charge in [-0.15, -0.1) is 0 Å². The summed E-state index contributed by atoms with van der Waals surface area (Å²) in [6.07, 6.45) is -12.2. The van der Waals surface area contributed by atoms with Crippen LogP contribution in [-0.2, 0) is 31.4 Å². The van der Waals surface area contributed by atoms with Crippen molar-refractivity contribution in [2.24, 2.45) is 0 Å².